The lowest BCUT2D eigenvalue weighted by atomic mass is 10.2. The Bertz CT molecular complexity index is 334. The molecule has 2 heterocycles. The molecule has 0 fully saturated rings. The third-order valence-corrected chi connectivity index (χ3v) is 3.06. The first-order valence-electron chi connectivity index (χ1n) is 6.14. The van der Waals surface area contributed by atoms with Crippen molar-refractivity contribution in [1.29, 1.82) is 0 Å². The minimum Gasteiger partial charge on any atom is -0.383 e. The summed E-state index contributed by atoms with van der Waals surface area (Å²) in [6.45, 7) is 7.75. The lowest BCUT2D eigenvalue weighted by Crippen LogP contribution is -2.46. The van der Waals surface area contributed by atoms with Crippen LogP contribution in [0.15, 0.2) is 6.33 Å². The Hall–Kier alpha value is -0.980. The van der Waals surface area contributed by atoms with Gasteiger partial charge in [-0.05, 0) is 6.54 Å². The van der Waals surface area contributed by atoms with E-state index in [-0.39, 0.29) is 0 Å². The molecule has 6 nitrogen and oxygen atoms in total. The fraction of sp³-hybridized carbons (Fsp3) is 0.818. The minimum absolute atomic E-state index is 0.388. The van der Waals surface area contributed by atoms with E-state index in [2.05, 4.69) is 31.9 Å². The molecule has 0 bridgehead atoms. The molecule has 6 heteroatoms. The Morgan fingerprint density at radius 2 is 2.41 bits per heavy atom. The van der Waals surface area contributed by atoms with Gasteiger partial charge in [0.25, 0.3) is 0 Å². The normalized spacial score (nSPS) is 18.0. The number of hydrogen-bond acceptors (Lipinski definition) is 5. The maximum absolute atomic E-state index is 5.23. The van der Waals surface area contributed by atoms with E-state index in [1.807, 2.05) is 6.33 Å². The molecule has 1 aromatic heterocycles. The summed E-state index contributed by atoms with van der Waals surface area (Å²) >= 11 is 0. The molecule has 0 radical (unpaired) electrons. The fourth-order valence-electron chi connectivity index (χ4n) is 2.25. The fourth-order valence-corrected chi connectivity index (χ4v) is 2.25. The van der Waals surface area contributed by atoms with Gasteiger partial charge >= 0.3 is 0 Å². The Morgan fingerprint density at radius 1 is 1.53 bits per heavy atom. The Morgan fingerprint density at radius 3 is 3.18 bits per heavy atom. The number of methoxy groups -OCH3 is 1. The van der Waals surface area contributed by atoms with Gasteiger partial charge in [-0.25, -0.2) is 0 Å². The van der Waals surface area contributed by atoms with Crippen molar-refractivity contribution >= 4 is 0 Å². The number of aromatic nitrogens is 3. The van der Waals surface area contributed by atoms with Gasteiger partial charge in [0.1, 0.15) is 12.2 Å². The summed E-state index contributed by atoms with van der Waals surface area (Å²) in [5.41, 5.74) is 0. The summed E-state index contributed by atoms with van der Waals surface area (Å²) in [4.78, 5) is 2.40. The van der Waals surface area contributed by atoms with E-state index in [4.69, 9.17) is 4.74 Å². The molecular formula is C11H21N5O. The summed E-state index contributed by atoms with van der Waals surface area (Å²) in [7, 11) is 1.75. The molecule has 0 saturated heterocycles. The van der Waals surface area contributed by atoms with Crippen LogP contribution in [0, 0.1) is 0 Å². The van der Waals surface area contributed by atoms with Crippen LogP contribution < -0.4 is 5.32 Å². The molecule has 1 aliphatic rings. The minimum atomic E-state index is 0.388. The van der Waals surface area contributed by atoms with Crippen LogP contribution in [0.3, 0.4) is 0 Å². The van der Waals surface area contributed by atoms with E-state index in [0.29, 0.717) is 6.04 Å². The van der Waals surface area contributed by atoms with Crippen LogP contribution in [0.4, 0.5) is 0 Å². The van der Waals surface area contributed by atoms with Crippen molar-refractivity contribution in [1.82, 2.24) is 25.0 Å². The third kappa shape index (κ3) is 3.24. The SMILES string of the molecule is CCNC(COC)CN1CCn2cnnc2C1. The number of rotatable bonds is 6. The monoisotopic (exact) mass is 239 g/mol. The van der Waals surface area contributed by atoms with Crippen LogP contribution in [0.25, 0.3) is 0 Å². The zero-order valence-corrected chi connectivity index (χ0v) is 10.6. The largest absolute Gasteiger partial charge is 0.383 e. The molecule has 0 aromatic carbocycles. The second-order valence-corrected chi connectivity index (χ2v) is 4.39. The van der Waals surface area contributed by atoms with Crippen LogP contribution in [-0.2, 0) is 17.8 Å². The predicted molar refractivity (Wildman–Crippen MR) is 64.6 cm³/mol. The van der Waals surface area contributed by atoms with Crippen LogP contribution >= 0.6 is 0 Å². The standard InChI is InChI=1S/C11H21N5O/c1-3-12-10(8-17-2)6-15-4-5-16-9-13-14-11(16)7-15/h9-10,12H,3-8H2,1-2H3. The number of nitrogens with zero attached hydrogens (tertiary/aromatic N) is 4. The van der Waals surface area contributed by atoms with Crippen LogP contribution in [-0.4, -0.2) is 59.1 Å². The van der Waals surface area contributed by atoms with Gasteiger partial charge in [0.05, 0.1) is 13.2 Å². The average Bonchev–Trinajstić information content (AvgIpc) is 2.77. The van der Waals surface area contributed by atoms with E-state index in [9.17, 15) is 0 Å². The Labute approximate surface area is 102 Å². The molecule has 17 heavy (non-hydrogen) atoms. The average molecular weight is 239 g/mol. The van der Waals surface area contributed by atoms with Crippen molar-refractivity contribution in [3.63, 3.8) is 0 Å². The molecular weight excluding hydrogens is 218 g/mol. The Kier molecular flexibility index (Phi) is 4.47. The van der Waals surface area contributed by atoms with Gasteiger partial charge in [-0.2, -0.15) is 0 Å². The molecule has 1 aliphatic heterocycles. The van der Waals surface area contributed by atoms with E-state index < -0.39 is 0 Å². The second-order valence-electron chi connectivity index (χ2n) is 4.39. The molecule has 0 aliphatic carbocycles. The van der Waals surface area contributed by atoms with Crippen molar-refractivity contribution in [2.45, 2.75) is 26.1 Å². The third-order valence-electron chi connectivity index (χ3n) is 3.06. The summed E-state index contributed by atoms with van der Waals surface area (Å²) in [6.07, 6.45) is 1.81. The number of likely N-dealkylation sites (N-methyl/N-ethyl adjacent to an activating group) is 1. The quantitative estimate of drug-likeness (QED) is 0.740. The van der Waals surface area contributed by atoms with Crippen LogP contribution in [0.1, 0.15) is 12.7 Å². The van der Waals surface area contributed by atoms with E-state index in [1.165, 1.54) is 0 Å². The number of fused-ring (bicyclic) bond motifs is 1. The highest BCUT2D eigenvalue weighted by atomic mass is 16.5. The number of hydrogen-bond donors (Lipinski definition) is 1. The van der Waals surface area contributed by atoms with Gasteiger partial charge < -0.3 is 14.6 Å². The van der Waals surface area contributed by atoms with Crippen molar-refractivity contribution in [3.8, 4) is 0 Å². The molecule has 1 unspecified atom stereocenters. The maximum Gasteiger partial charge on any atom is 0.147 e. The smallest absolute Gasteiger partial charge is 0.147 e. The second kappa shape index (κ2) is 6.09. The molecule has 96 valence electrons. The highest BCUT2D eigenvalue weighted by molar-refractivity contribution is 4.90. The van der Waals surface area contributed by atoms with Gasteiger partial charge in [-0.15, -0.1) is 10.2 Å². The summed E-state index contributed by atoms with van der Waals surface area (Å²) < 4.78 is 7.35. The van der Waals surface area contributed by atoms with E-state index in [1.54, 1.807) is 7.11 Å². The zero-order chi connectivity index (χ0) is 12.1. The van der Waals surface area contributed by atoms with Crippen LogP contribution in [0.5, 0.6) is 0 Å². The van der Waals surface area contributed by atoms with E-state index >= 15 is 0 Å². The highest BCUT2D eigenvalue weighted by Gasteiger charge is 2.20. The lowest BCUT2D eigenvalue weighted by Gasteiger charge is -2.30. The molecule has 2 rings (SSSR count). The van der Waals surface area contributed by atoms with Gasteiger partial charge in [0.15, 0.2) is 0 Å². The van der Waals surface area contributed by atoms with Crippen molar-refractivity contribution in [2.24, 2.45) is 0 Å². The van der Waals surface area contributed by atoms with Crippen molar-refractivity contribution in [3.05, 3.63) is 12.2 Å². The number of nitrogens with one attached hydrogen (secondary N) is 1. The topological polar surface area (TPSA) is 55.2 Å². The maximum atomic E-state index is 5.23. The Balaban J connectivity index is 1.87. The highest BCUT2D eigenvalue weighted by Crippen LogP contribution is 2.09. The van der Waals surface area contributed by atoms with Gasteiger partial charge in [-0.3, -0.25) is 4.90 Å². The molecule has 1 atom stereocenters. The van der Waals surface area contributed by atoms with Crippen molar-refractivity contribution < 1.29 is 4.74 Å². The molecule has 0 spiro atoms. The summed E-state index contributed by atoms with van der Waals surface area (Å²) in [5.74, 6) is 1.06. The molecule has 1 aromatic rings. The predicted octanol–water partition coefficient (Wildman–Crippen LogP) is -0.282. The van der Waals surface area contributed by atoms with E-state index in [0.717, 1.165) is 45.2 Å². The molecule has 0 amide bonds. The zero-order valence-electron chi connectivity index (χ0n) is 10.6. The summed E-state index contributed by atoms with van der Waals surface area (Å²) in [6, 6.07) is 0.388. The van der Waals surface area contributed by atoms with Gasteiger partial charge in [0, 0.05) is 32.8 Å². The van der Waals surface area contributed by atoms with Gasteiger partial charge in [0.2, 0.25) is 0 Å². The number of ether oxygens (including phenoxy) is 1. The molecule has 1 N–H and O–H groups in total. The lowest BCUT2D eigenvalue weighted by molar-refractivity contribution is 0.126. The van der Waals surface area contributed by atoms with Gasteiger partial charge in [-0.1, -0.05) is 6.92 Å². The van der Waals surface area contributed by atoms with Crippen molar-refractivity contribution in [2.75, 3.05) is 33.4 Å². The van der Waals surface area contributed by atoms with Crippen LogP contribution in [0.2, 0.25) is 0 Å². The first kappa shape index (κ1) is 12.5. The first-order chi connectivity index (χ1) is 8.33. The first-order valence-corrected chi connectivity index (χ1v) is 6.14. The summed E-state index contributed by atoms with van der Waals surface area (Å²) in [5, 5.41) is 11.5. The molecule has 0 saturated carbocycles.